The Morgan fingerprint density at radius 1 is 1.10 bits per heavy atom. The molecular formula is C23H20N2O5. The molecule has 7 heteroatoms. The largest absolute Gasteiger partial charge is 0.465 e. The van der Waals surface area contributed by atoms with Crippen molar-refractivity contribution in [3.05, 3.63) is 59.9 Å². The van der Waals surface area contributed by atoms with Crippen LogP contribution in [0.4, 0.5) is 0 Å². The second kappa shape index (κ2) is 7.09. The van der Waals surface area contributed by atoms with E-state index in [1.165, 1.54) is 13.3 Å². The van der Waals surface area contributed by atoms with Gasteiger partial charge >= 0.3 is 5.97 Å². The number of carbonyl (C=O) groups is 3. The number of fused-ring (bicyclic) bond motifs is 1. The molecule has 30 heavy (non-hydrogen) atoms. The van der Waals surface area contributed by atoms with E-state index in [9.17, 15) is 14.4 Å². The van der Waals surface area contributed by atoms with Gasteiger partial charge in [-0.3, -0.25) is 9.59 Å². The number of hydrazone groups is 1. The van der Waals surface area contributed by atoms with Crippen LogP contribution in [0.25, 0.3) is 11.3 Å². The van der Waals surface area contributed by atoms with E-state index in [1.807, 2.05) is 6.07 Å². The van der Waals surface area contributed by atoms with E-state index < -0.39 is 5.97 Å². The topological polar surface area (TPSA) is 89.2 Å². The second-order valence-electron chi connectivity index (χ2n) is 7.85. The molecule has 0 spiro atoms. The van der Waals surface area contributed by atoms with Gasteiger partial charge in [-0.15, -0.1) is 0 Å². The summed E-state index contributed by atoms with van der Waals surface area (Å²) in [5, 5.41) is 5.16. The maximum Gasteiger partial charge on any atom is 0.337 e. The Morgan fingerprint density at radius 2 is 1.80 bits per heavy atom. The molecule has 1 saturated carbocycles. The molecule has 3 aliphatic carbocycles. The Hall–Kier alpha value is -3.48. The summed E-state index contributed by atoms with van der Waals surface area (Å²) in [7, 11) is 1.33. The highest BCUT2D eigenvalue weighted by atomic mass is 16.5. The summed E-state index contributed by atoms with van der Waals surface area (Å²) < 4.78 is 10.5. The van der Waals surface area contributed by atoms with Gasteiger partial charge in [0.2, 0.25) is 0 Å². The van der Waals surface area contributed by atoms with Crippen LogP contribution in [0.2, 0.25) is 0 Å². The molecule has 1 saturated heterocycles. The SMILES string of the molecule is COC(=O)c1cccc(-c2ccc(/C=N/N3C(=O)C4C5C=CC(CC5)C4C3=O)o2)c1. The lowest BCUT2D eigenvalue weighted by Gasteiger charge is -2.37. The molecule has 6 rings (SSSR count). The van der Waals surface area contributed by atoms with Gasteiger partial charge in [-0.05, 0) is 48.9 Å². The average molecular weight is 404 g/mol. The number of benzene rings is 1. The predicted octanol–water partition coefficient (Wildman–Crippen LogP) is 3.26. The normalized spacial score (nSPS) is 27.2. The first kappa shape index (κ1) is 18.5. The average Bonchev–Trinajstić information content (AvgIpc) is 3.37. The van der Waals surface area contributed by atoms with Crippen molar-refractivity contribution in [1.82, 2.24) is 5.01 Å². The number of methoxy groups -OCH3 is 1. The molecule has 0 radical (unpaired) electrons. The van der Waals surface area contributed by atoms with Crippen molar-refractivity contribution in [2.45, 2.75) is 12.8 Å². The molecule has 4 unspecified atom stereocenters. The number of rotatable bonds is 4. The van der Waals surface area contributed by atoms with Crippen molar-refractivity contribution < 1.29 is 23.5 Å². The van der Waals surface area contributed by atoms with E-state index in [4.69, 9.17) is 9.15 Å². The fraction of sp³-hybridized carbons (Fsp3) is 0.304. The van der Waals surface area contributed by atoms with E-state index in [0.29, 0.717) is 22.6 Å². The standard InChI is InChI=1S/C23H20N2O5/c1-29-23(28)16-4-2-3-15(11-16)18-10-9-17(30-18)12-24-25-21(26)19-13-5-6-14(8-7-13)20(19)22(25)27/h2-6,9-14,19-20H,7-8H2,1H3/b24-12+. The van der Waals surface area contributed by atoms with E-state index in [0.717, 1.165) is 17.9 Å². The maximum absolute atomic E-state index is 12.8. The highest BCUT2D eigenvalue weighted by Gasteiger charge is 2.56. The van der Waals surface area contributed by atoms with Crippen molar-refractivity contribution in [2.24, 2.45) is 28.8 Å². The van der Waals surface area contributed by atoms with Gasteiger partial charge in [0.15, 0.2) is 0 Å². The lowest BCUT2D eigenvalue weighted by Crippen LogP contribution is -2.38. The first-order valence-corrected chi connectivity index (χ1v) is 9.95. The summed E-state index contributed by atoms with van der Waals surface area (Å²) in [5.41, 5.74) is 1.13. The van der Waals surface area contributed by atoms with E-state index in [1.54, 1.807) is 30.3 Å². The summed E-state index contributed by atoms with van der Waals surface area (Å²) in [4.78, 5) is 37.3. The van der Waals surface area contributed by atoms with Crippen molar-refractivity contribution in [3.8, 4) is 11.3 Å². The Kier molecular flexibility index (Phi) is 4.38. The quantitative estimate of drug-likeness (QED) is 0.338. The van der Waals surface area contributed by atoms with Gasteiger partial charge < -0.3 is 9.15 Å². The fourth-order valence-corrected chi connectivity index (χ4v) is 4.78. The number of carbonyl (C=O) groups excluding carboxylic acids is 3. The van der Waals surface area contributed by atoms with Crippen molar-refractivity contribution in [3.63, 3.8) is 0 Å². The van der Waals surface area contributed by atoms with Crippen LogP contribution >= 0.6 is 0 Å². The first-order valence-electron chi connectivity index (χ1n) is 9.95. The van der Waals surface area contributed by atoms with Gasteiger partial charge in [0.25, 0.3) is 11.8 Å². The molecule has 1 aliphatic heterocycles. The molecule has 2 heterocycles. The molecule has 152 valence electrons. The van der Waals surface area contributed by atoms with Gasteiger partial charge in [0.1, 0.15) is 11.5 Å². The summed E-state index contributed by atoms with van der Waals surface area (Å²) in [6.45, 7) is 0. The van der Waals surface area contributed by atoms with E-state index >= 15 is 0 Å². The number of hydrogen-bond donors (Lipinski definition) is 0. The summed E-state index contributed by atoms with van der Waals surface area (Å²) in [5.74, 6) is -0.236. The minimum Gasteiger partial charge on any atom is -0.465 e. The fourth-order valence-electron chi connectivity index (χ4n) is 4.78. The summed E-state index contributed by atoms with van der Waals surface area (Å²) in [6, 6.07) is 10.3. The third-order valence-electron chi connectivity index (χ3n) is 6.23. The smallest absolute Gasteiger partial charge is 0.337 e. The third kappa shape index (κ3) is 2.89. The number of furan rings is 1. The highest BCUT2D eigenvalue weighted by Crippen LogP contribution is 2.49. The second-order valence-corrected chi connectivity index (χ2v) is 7.85. The number of nitrogens with zero attached hydrogens (tertiary/aromatic N) is 2. The zero-order valence-corrected chi connectivity index (χ0v) is 16.4. The monoisotopic (exact) mass is 404 g/mol. The van der Waals surface area contributed by atoms with Gasteiger partial charge in [-0.1, -0.05) is 24.3 Å². The van der Waals surface area contributed by atoms with Gasteiger partial charge in [-0.2, -0.15) is 10.1 Å². The molecule has 2 aromatic rings. The summed E-state index contributed by atoms with van der Waals surface area (Å²) >= 11 is 0. The number of hydrogen-bond acceptors (Lipinski definition) is 6. The van der Waals surface area contributed by atoms with Crippen molar-refractivity contribution in [2.75, 3.05) is 7.11 Å². The van der Waals surface area contributed by atoms with Crippen molar-refractivity contribution >= 4 is 24.0 Å². The van der Waals surface area contributed by atoms with Crippen LogP contribution in [0, 0.1) is 23.7 Å². The molecule has 1 aromatic carbocycles. The molecule has 4 atom stereocenters. The predicted molar refractivity (Wildman–Crippen MR) is 107 cm³/mol. The maximum atomic E-state index is 12.8. The molecule has 1 aromatic heterocycles. The lowest BCUT2D eigenvalue weighted by molar-refractivity contribution is -0.140. The van der Waals surface area contributed by atoms with E-state index in [-0.39, 0.29) is 35.5 Å². The lowest BCUT2D eigenvalue weighted by atomic mass is 9.63. The van der Waals surface area contributed by atoms with E-state index in [2.05, 4.69) is 17.3 Å². The number of allylic oxidation sites excluding steroid dienone is 2. The van der Waals surface area contributed by atoms with Crippen molar-refractivity contribution in [1.29, 1.82) is 0 Å². The van der Waals surface area contributed by atoms with Crippen LogP contribution in [0.1, 0.15) is 29.0 Å². The Morgan fingerprint density at radius 3 is 2.43 bits per heavy atom. The van der Waals surface area contributed by atoms with Gasteiger partial charge in [-0.25, -0.2) is 4.79 Å². The number of imide groups is 1. The molecular weight excluding hydrogens is 384 g/mol. The molecule has 2 amide bonds. The Labute approximate surface area is 173 Å². The first-order chi connectivity index (χ1) is 14.6. The minimum atomic E-state index is -0.429. The molecule has 2 bridgehead atoms. The molecule has 0 N–H and O–H groups in total. The third-order valence-corrected chi connectivity index (χ3v) is 6.23. The van der Waals surface area contributed by atoms with Crippen LogP contribution in [0.3, 0.4) is 0 Å². The molecule has 4 aliphatic rings. The number of esters is 1. The van der Waals surface area contributed by atoms with Gasteiger partial charge in [0.05, 0.1) is 30.7 Å². The Balaban J connectivity index is 1.35. The Bertz CT molecular complexity index is 1070. The van der Waals surface area contributed by atoms with Gasteiger partial charge in [0, 0.05) is 5.56 Å². The van der Waals surface area contributed by atoms with Crippen LogP contribution in [0.5, 0.6) is 0 Å². The molecule has 7 nitrogen and oxygen atoms in total. The summed E-state index contributed by atoms with van der Waals surface area (Å²) in [6.07, 6.45) is 7.44. The van der Waals surface area contributed by atoms with Crippen LogP contribution in [-0.4, -0.2) is 36.1 Å². The number of ether oxygens (including phenoxy) is 1. The van der Waals surface area contributed by atoms with Crippen LogP contribution < -0.4 is 0 Å². The zero-order chi connectivity index (χ0) is 20.8. The molecule has 2 fully saturated rings. The number of amides is 2. The highest BCUT2D eigenvalue weighted by molar-refractivity contribution is 6.06. The van der Waals surface area contributed by atoms with Crippen LogP contribution in [-0.2, 0) is 14.3 Å². The van der Waals surface area contributed by atoms with Crippen LogP contribution in [0.15, 0.2) is 58.1 Å². The minimum absolute atomic E-state index is 0.133. The zero-order valence-electron chi connectivity index (χ0n) is 16.4.